The number of nitrogens with zero attached hydrogens (tertiary/aromatic N) is 4. The molecule has 9 heteroatoms. The van der Waals surface area contributed by atoms with Crippen LogP contribution in [-0.2, 0) is 6.54 Å². The number of piperidine rings is 1. The topological polar surface area (TPSA) is 79.6 Å². The zero-order valence-electron chi connectivity index (χ0n) is 15.4. The van der Waals surface area contributed by atoms with Gasteiger partial charge in [-0.05, 0) is 24.8 Å². The normalized spacial score (nSPS) is 17.1. The summed E-state index contributed by atoms with van der Waals surface area (Å²) in [5.74, 6) is -0.325. The van der Waals surface area contributed by atoms with Gasteiger partial charge in [0.2, 0.25) is 10.1 Å². The maximum atomic E-state index is 13.8. The first kappa shape index (κ1) is 18.5. The maximum absolute atomic E-state index is 13.8. The highest BCUT2D eigenvalue weighted by atomic mass is 32.1. The molecular weight excluding hydrogens is 381 g/mol. The second kappa shape index (κ2) is 7.67. The van der Waals surface area contributed by atoms with Crippen LogP contribution in [0.4, 0.5) is 9.52 Å². The number of nitrogens with one attached hydrogen (secondary N) is 1. The molecule has 4 rings (SSSR count). The monoisotopic (exact) mass is 401 g/mol. The van der Waals surface area contributed by atoms with Crippen LogP contribution >= 0.6 is 11.3 Å². The van der Waals surface area contributed by atoms with E-state index < -0.39 is 17.3 Å². The fraction of sp³-hybridized carbons (Fsp3) is 0.368. The summed E-state index contributed by atoms with van der Waals surface area (Å²) in [4.78, 5) is 31.2. The van der Waals surface area contributed by atoms with Gasteiger partial charge in [0.05, 0.1) is 0 Å². The summed E-state index contributed by atoms with van der Waals surface area (Å²) in [5, 5.41) is 7.93. The molecule has 2 aromatic heterocycles. The van der Waals surface area contributed by atoms with Crippen molar-refractivity contribution in [2.24, 2.45) is 5.92 Å². The first-order chi connectivity index (χ1) is 13.5. The van der Waals surface area contributed by atoms with Gasteiger partial charge in [0.25, 0.3) is 11.5 Å². The molecule has 0 saturated carbocycles. The quantitative estimate of drug-likeness (QED) is 0.727. The van der Waals surface area contributed by atoms with E-state index in [-0.39, 0.29) is 12.2 Å². The van der Waals surface area contributed by atoms with E-state index in [2.05, 4.69) is 27.2 Å². The van der Waals surface area contributed by atoms with Crippen LogP contribution in [0.2, 0.25) is 0 Å². The average Bonchev–Trinajstić information content (AvgIpc) is 3.10. The summed E-state index contributed by atoms with van der Waals surface area (Å²) >= 11 is 1.30. The van der Waals surface area contributed by atoms with E-state index in [4.69, 9.17) is 0 Å². The Hall–Kier alpha value is -2.81. The fourth-order valence-electron chi connectivity index (χ4n) is 3.37. The number of aromatic nitrogens is 3. The number of anilines is 1. The minimum Gasteiger partial charge on any atom is -0.347 e. The molecule has 28 heavy (non-hydrogen) atoms. The lowest BCUT2D eigenvalue weighted by atomic mass is 10.0. The number of hydrogen-bond acceptors (Lipinski definition) is 6. The second-order valence-corrected chi connectivity index (χ2v) is 7.96. The summed E-state index contributed by atoms with van der Waals surface area (Å²) in [6, 6.07) is 7.38. The first-order valence-electron chi connectivity index (χ1n) is 9.19. The van der Waals surface area contributed by atoms with Crippen molar-refractivity contribution in [3.63, 3.8) is 0 Å². The van der Waals surface area contributed by atoms with Crippen molar-refractivity contribution in [2.75, 3.05) is 18.0 Å². The van der Waals surface area contributed by atoms with Gasteiger partial charge >= 0.3 is 0 Å². The van der Waals surface area contributed by atoms with Gasteiger partial charge < -0.3 is 10.2 Å². The molecule has 0 bridgehead atoms. The number of carbonyl (C=O) groups is 1. The fourth-order valence-corrected chi connectivity index (χ4v) is 4.31. The molecule has 1 amide bonds. The van der Waals surface area contributed by atoms with E-state index in [0.29, 0.717) is 16.4 Å². The predicted octanol–water partition coefficient (Wildman–Crippen LogP) is 2.46. The number of halogens is 1. The first-order valence-corrected chi connectivity index (χ1v) is 10.0. The van der Waals surface area contributed by atoms with Crippen molar-refractivity contribution >= 4 is 27.3 Å². The zero-order chi connectivity index (χ0) is 19.7. The third-order valence-electron chi connectivity index (χ3n) is 4.80. The standard InChI is InChI=1S/C19H20FN5O2S/c1-12-5-4-8-24(11-12)19-23-25-15(9-16(26)22-18(25)28-19)17(27)21-10-13-6-2-3-7-14(13)20/h2-3,6-7,9,12H,4-5,8,10-11H2,1H3,(H,21,27). The van der Waals surface area contributed by atoms with Crippen LogP contribution in [0.15, 0.2) is 35.1 Å². The van der Waals surface area contributed by atoms with Gasteiger partial charge in [-0.1, -0.05) is 36.5 Å². The molecule has 1 aromatic carbocycles. The van der Waals surface area contributed by atoms with Crippen LogP contribution in [0.3, 0.4) is 0 Å². The summed E-state index contributed by atoms with van der Waals surface area (Å²) in [5.41, 5.74) is -0.0353. The Balaban J connectivity index is 1.61. The van der Waals surface area contributed by atoms with Gasteiger partial charge in [-0.3, -0.25) is 9.59 Å². The van der Waals surface area contributed by atoms with Crippen LogP contribution in [0.1, 0.15) is 35.8 Å². The largest absolute Gasteiger partial charge is 0.347 e. The van der Waals surface area contributed by atoms with Crippen LogP contribution in [-0.4, -0.2) is 33.6 Å². The van der Waals surface area contributed by atoms with E-state index in [1.165, 1.54) is 28.3 Å². The third kappa shape index (κ3) is 3.75. The summed E-state index contributed by atoms with van der Waals surface area (Å²) in [7, 11) is 0. The van der Waals surface area contributed by atoms with E-state index in [1.54, 1.807) is 18.2 Å². The number of rotatable bonds is 4. The molecule has 1 atom stereocenters. The highest BCUT2D eigenvalue weighted by Crippen LogP contribution is 2.27. The smallest absolute Gasteiger partial charge is 0.274 e. The lowest BCUT2D eigenvalue weighted by molar-refractivity contribution is 0.0943. The molecule has 1 saturated heterocycles. The molecule has 3 heterocycles. The Bertz CT molecular complexity index is 1080. The van der Waals surface area contributed by atoms with E-state index >= 15 is 0 Å². The number of fused-ring (bicyclic) bond motifs is 1. The number of carbonyl (C=O) groups excluding carboxylic acids is 1. The molecule has 7 nitrogen and oxygen atoms in total. The molecule has 146 valence electrons. The van der Waals surface area contributed by atoms with Crippen LogP contribution < -0.4 is 15.8 Å². The Morgan fingerprint density at radius 3 is 3.00 bits per heavy atom. The van der Waals surface area contributed by atoms with E-state index in [0.717, 1.165) is 30.7 Å². The maximum Gasteiger partial charge on any atom is 0.274 e. The third-order valence-corrected chi connectivity index (χ3v) is 5.77. The van der Waals surface area contributed by atoms with Crippen molar-refractivity contribution in [2.45, 2.75) is 26.3 Å². The number of amides is 1. The number of benzene rings is 1. The molecule has 3 aromatic rings. The Morgan fingerprint density at radius 1 is 1.39 bits per heavy atom. The van der Waals surface area contributed by atoms with Crippen LogP contribution in [0.25, 0.3) is 4.96 Å². The van der Waals surface area contributed by atoms with Gasteiger partial charge in [0, 0.05) is 31.3 Å². The summed E-state index contributed by atoms with van der Waals surface area (Å²) in [6.07, 6.45) is 2.26. The second-order valence-electron chi connectivity index (χ2n) is 7.03. The molecule has 0 spiro atoms. The van der Waals surface area contributed by atoms with Gasteiger partial charge in [0.15, 0.2) is 0 Å². The van der Waals surface area contributed by atoms with Crippen molar-refractivity contribution in [1.82, 2.24) is 19.9 Å². The zero-order valence-corrected chi connectivity index (χ0v) is 16.2. The summed E-state index contributed by atoms with van der Waals surface area (Å²) < 4.78 is 15.2. The Labute approximate surface area is 164 Å². The average molecular weight is 401 g/mol. The lowest BCUT2D eigenvalue weighted by Gasteiger charge is -2.30. The molecule has 1 fully saturated rings. The molecule has 0 radical (unpaired) electrons. The highest BCUT2D eigenvalue weighted by molar-refractivity contribution is 7.20. The molecule has 0 aliphatic carbocycles. The van der Waals surface area contributed by atoms with Gasteiger partial charge in [-0.25, -0.2) is 4.39 Å². The van der Waals surface area contributed by atoms with Crippen LogP contribution in [0.5, 0.6) is 0 Å². The van der Waals surface area contributed by atoms with Gasteiger partial charge in [0.1, 0.15) is 11.5 Å². The minimum atomic E-state index is -0.502. The van der Waals surface area contributed by atoms with Crippen molar-refractivity contribution in [1.29, 1.82) is 0 Å². The molecule has 1 aliphatic rings. The predicted molar refractivity (Wildman–Crippen MR) is 105 cm³/mol. The van der Waals surface area contributed by atoms with Gasteiger partial charge in [-0.15, -0.1) is 5.10 Å². The molecule has 1 unspecified atom stereocenters. The Kier molecular flexibility index (Phi) is 5.08. The van der Waals surface area contributed by atoms with E-state index in [9.17, 15) is 14.0 Å². The minimum absolute atomic E-state index is 0.0186. The SMILES string of the molecule is CC1CCCN(c2nn3c(C(=O)NCc4ccccc4F)cc(=O)nc3s2)C1. The van der Waals surface area contributed by atoms with Crippen molar-refractivity contribution < 1.29 is 9.18 Å². The van der Waals surface area contributed by atoms with E-state index in [1.807, 2.05) is 0 Å². The Morgan fingerprint density at radius 2 is 2.21 bits per heavy atom. The highest BCUT2D eigenvalue weighted by Gasteiger charge is 2.22. The lowest BCUT2D eigenvalue weighted by Crippen LogP contribution is -2.34. The molecule has 1 N–H and O–H groups in total. The van der Waals surface area contributed by atoms with Crippen molar-refractivity contribution in [3.8, 4) is 0 Å². The summed E-state index contributed by atoms with van der Waals surface area (Å²) in [6.45, 7) is 4.00. The molecular formula is C19H20FN5O2S. The van der Waals surface area contributed by atoms with Crippen molar-refractivity contribution in [3.05, 3.63) is 57.8 Å². The molecule has 1 aliphatic heterocycles. The van der Waals surface area contributed by atoms with Gasteiger partial charge in [-0.2, -0.15) is 9.50 Å². The van der Waals surface area contributed by atoms with Crippen LogP contribution in [0, 0.1) is 11.7 Å². The number of hydrogen-bond donors (Lipinski definition) is 1.